The number of amides is 1. The summed E-state index contributed by atoms with van der Waals surface area (Å²) in [5.41, 5.74) is 1.71. The summed E-state index contributed by atoms with van der Waals surface area (Å²) in [6, 6.07) is 7.70. The Morgan fingerprint density at radius 2 is 1.87 bits per heavy atom. The number of nitrogens with one attached hydrogen (secondary N) is 2. The van der Waals surface area contributed by atoms with Gasteiger partial charge in [-0.15, -0.1) is 0 Å². The average Bonchev–Trinajstić information content (AvgIpc) is 3.26. The number of carbonyl (C=O) groups excluding carboxylic acids is 1. The third-order valence-corrected chi connectivity index (χ3v) is 5.06. The first-order valence-electron chi connectivity index (χ1n) is 9.75. The molecule has 0 saturated heterocycles. The summed E-state index contributed by atoms with van der Waals surface area (Å²) in [5, 5.41) is 9.94. The number of nitrogens with zero attached hydrogens (tertiary/aromatic N) is 3. The van der Waals surface area contributed by atoms with Crippen LogP contribution in [0.3, 0.4) is 0 Å². The Bertz CT molecular complexity index is 1000. The Morgan fingerprint density at radius 3 is 2.60 bits per heavy atom. The number of halogens is 1. The van der Waals surface area contributed by atoms with Gasteiger partial charge in [0.05, 0.1) is 25.2 Å². The van der Waals surface area contributed by atoms with Crippen molar-refractivity contribution < 1.29 is 18.7 Å². The number of methoxy groups -OCH3 is 1. The lowest BCUT2D eigenvalue weighted by Crippen LogP contribution is -2.39. The van der Waals surface area contributed by atoms with Gasteiger partial charge in [-0.25, -0.2) is 4.39 Å². The average molecular weight is 411 g/mol. The highest BCUT2D eigenvalue weighted by Gasteiger charge is 2.25. The second kappa shape index (κ2) is 8.89. The van der Waals surface area contributed by atoms with E-state index in [9.17, 15) is 9.18 Å². The topological polar surface area (TPSA) is 102 Å². The van der Waals surface area contributed by atoms with Crippen molar-refractivity contribution in [2.75, 3.05) is 7.11 Å². The lowest BCUT2D eigenvalue weighted by atomic mass is 9.93. The number of ether oxygens (including phenoxy) is 2. The predicted octanol–water partition coefficient (Wildman–Crippen LogP) is 3.13. The monoisotopic (exact) mass is 411 g/mol. The number of carbonyl (C=O) groups is 1. The van der Waals surface area contributed by atoms with Gasteiger partial charge in [0.1, 0.15) is 17.6 Å². The number of hydrogen-bond donors (Lipinski definition) is 2. The number of H-pyrrole nitrogens is 1. The molecule has 1 aliphatic rings. The number of aromatic nitrogens is 4. The molecule has 0 spiro atoms. The molecule has 9 heteroatoms. The van der Waals surface area contributed by atoms with Crippen LogP contribution in [-0.2, 0) is 0 Å². The molecule has 0 unspecified atom stereocenters. The SMILES string of the molecule is COc1cncc(OC2CCC(NC(=O)c3cc(-c4ccc(F)cc4)n[nH]3)CC2)n1. The molecule has 1 aliphatic carbocycles. The van der Waals surface area contributed by atoms with Crippen LogP contribution in [0.15, 0.2) is 42.7 Å². The summed E-state index contributed by atoms with van der Waals surface area (Å²) < 4.78 is 24.0. The van der Waals surface area contributed by atoms with Gasteiger partial charge in [-0.1, -0.05) is 0 Å². The fraction of sp³-hybridized carbons (Fsp3) is 0.333. The Kier molecular flexibility index (Phi) is 5.87. The highest BCUT2D eigenvalue weighted by atomic mass is 19.1. The second-order valence-electron chi connectivity index (χ2n) is 7.14. The van der Waals surface area contributed by atoms with Crippen molar-refractivity contribution in [3.63, 3.8) is 0 Å². The van der Waals surface area contributed by atoms with E-state index in [1.165, 1.54) is 25.4 Å². The van der Waals surface area contributed by atoms with Gasteiger partial charge in [0.2, 0.25) is 11.8 Å². The largest absolute Gasteiger partial charge is 0.480 e. The molecule has 3 aromatic rings. The summed E-state index contributed by atoms with van der Waals surface area (Å²) in [6.45, 7) is 0. The van der Waals surface area contributed by atoms with Crippen LogP contribution >= 0.6 is 0 Å². The smallest absolute Gasteiger partial charge is 0.269 e. The van der Waals surface area contributed by atoms with E-state index in [-0.39, 0.29) is 23.9 Å². The van der Waals surface area contributed by atoms with E-state index < -0.39 is 0 Å². The number of benzene rings is 1. The van der Waals surface area contributed by atoms with Crippen LogP contribution in [-0.4, -0.2) is 45.3 Å². The summed E-state index contributed by atoms with van der Waals surface area (Å²) in [6.07, 6.45) is 6.31. The van der Waals surface area contributed by atoms with Gasteiger partial charge in [-0.05, 0) is 56.0 Å². The summed E-state index contributed by atoms with van der Waals surface area (Å²) in [7, 11) is 1.53. The Morgan fingerprint density at radius 1 is 1.13 bits per heavy atom. The lowest BCUT2D eigenvalue weighted by Gasteiger charge is -2.29. The maximum Gasteiger partial charge on any atom is 0.269 e. The van der Waals surface area contributed by atoms with Gasteiger partial charge in [0, 0.05) is 11.6 Å². The van der Waals surface area contributed by atoms with Crippen molar-refractivity contribution in [2.45, 2.75) is 37.8 Å². The van der Waals surface area contributed by atoms with E-state index in [1.54, 1.807) is 24.4 Å². The van der Waals surface area contributed by atoms with Gasteiger partial charge in [-0.2, -0.15) is 10.1 Å². The first-order valence-corrected chi connectivity index (χ1v) is 9.75. The van der Waals surface area contributed by atoms with Crippen molar-refractivity contribution in [3.8, 4) is 23.0 Å². The standard InChI is InChI=1S/C21H22FN5O3/c1-29-19-11-23-12-20(25-19)30-16-8-6-15(7-9-16)24-21(28)18-10-17(26-27-18)13-2-4-14(22)5-3-13/h2-5,10-12,15-16H,6-9H2,1H3,(H,24,28)(H,26,27). The van der Waals surface area contributed by atoms with E-state index in [2.05, 4.69) is 25.5 Å². The van der Waals surface area contributed by atoms with Crippen LogP contribution < -0.4 is 14.8 Å². The molecule has 30 heavy (non-hydrogen) atoms. The molecule has 0 aliphatic heterocycles. The maximum absolute atomic E-state index is 13.1. The molecular weight excluding hydrogens is 389 g/mol. The first kappa shape index (κ1) is 19.8. The van der Waals surface area contributed by atoms with E-state index in [1.807, 2.05) is 0 Å². The Balaban J connectivity index is 1.28. The van der Waals surface area contributed by atoms with Crippen molar-refractivity contribution in [1.29, 1.82) is 0 Å². The minimum Gasteiger partial charge on any atom is -0.480 e. The van der Waals surface area contributed by atoms with Crippen LogP contribution in [0.4, 0.5) is 4.39 Å². The van der Waals surface area contributed by atoms with E-state index >= 15 is 0 Å². The third kappa shape index (κ3) is 4.73. The highest BCUT2D eigenvalue weighted by molar-refractivity contribution is 5.93. The van der Waals surface area contributed by atoms with Gasteiger partial charge in [0.25, 0.3) is 5.91 Å². The fourth-order valence-corrected chi connectivity index (χ4v) is 3.45. The molecular formula is C21H22FN5O3. The molecule has 1 fully saturated rings. The zero-order valence-electron chi connectivity index (χ0n) is 16.5. The lowest BCUT2D eigenvalue weighted by molar-refractivity contribution is 0.0884. The van der Waals surface area contributed by atoms with Crippen molar-refractivity contribution in [3.05, 3.63) is 54.2 Å². The maximum atomic E-state index is 13.1. The van der Waals surface area contributed by atoms with Crippen LogP contribution in [0.25, 0.3) is 11.3 Å². The van der Waals surface area contributed by atoms with Crippen molar-refractivity contribution in [2.24, 2.45) is 0 Å². The molecule has 0 bridgehead atoms. The Labute approximate surface area is 172 Å². The van der Waals surface area contributed by atoms with Crippen LogP contribution in [0.5, 0.6) is 11.8 Å². The molecule has 0 atom stereocenters. The Hall–Kier alpha value is -3.49. The molecule has 2 N–H and O–H groups in total. The molecule has 4 rings (SSSR count). The molecule has 2 heterocycles. The van der Waals surface area contributed by atoms with Crippen LogP contribution in [0.1, 0.15) is 36.2 Å². The molecule has 8 nitrogen and oxygen atoms in total. The van der Waals surface area contributed by atoms with E-state index in [0.717, 1.165) is 31.2 Å². The zero-order chi connectivity index (χ0) is 20.9. The summed E-state index contributed by atoms with van der Waals surface area (Å²) in [5.74, 6) is 0.324. The quantitative estimate of drug-likeness (QED) is 0.646. The molecule has 1 saturated carbocycles. The summed E-state index contributed by atoms with van der Waals surface area (Å²) >= 11 is 0. The molecule has 156 valence electrons. The molecule has 0 radical (unpaired) electrons. The molecule has 1 aromatic carbocycles. The van der Waals surface area contributed by atoms with Crippen LogP contribution in [0, 0.1) is 5.82 Å². The van der Waals surface area contributed by atoms with Gasteiger partial charge in [-0.3, -0.25) is 14.9 Å². The minimum absolute atomic E-state index is 0.0248. The van der Waals surface area contributed by atoms with E-state index in [4.69, 9.17) is 9.47 Å². The van der Waals surface area contributed by atoms with Crippen LogP contribution in [0.2, 0.25) is 0 Å². The first-order chi connectivity index (χ1) is 14.6. The summed E-state index contributed by atoms with van der Waals surface area (Å²) in [4.78, 5) is 20.8. The second-order valence-corrected chi connectivity index (χ2v) is 7.14. The molecule has 1 amide bonds. The number of aromatic amines is 1. The predicted molar refractivity (Wildman–Crippen MR) is 107 cm³/mol. The highest BCUT2D eigenvalue weighted by Crippen LogP contribution is 2.24. The van der Waals surface area contributed by atoms with Gasteiger partial charge < -0.3 is 14.8 Å². The number of rotatable bonds is 6. The van der Waals surface area contributed by atoms with Crippen molar-refractivity contribution >= 4 is 5.91 Å². The molecule has 2 aromatic heterocycles. The third-order valence-electron chi connectivity index (χ3n) is 5.06. The van der Waals surface area contributed by atoms with E-state index in [0.29, 0.717) is 23.1 Å². The normalized spacial score (nSPS) is 18.6. The van der Waals surface area contributed by atoms with Gasteiger partial charge >= 0.3 is 0 Å². The minimum atomic E-state index is -0.315. The zero-order valence-corrected chi connectivity index (χ0v) is 16.5. The van der Waals surface area contributed by atoms with Crippen molar-refractivity contribution in [1.82, 2.24) is 25.5 Å². The number of hydrogen-bond acceptors (Lipinski definition) is 6. The van der Waals surface area contributed by atoms with Gasteiger partial charge in [0.15, 0.2) is 0 Å². The fourth-order valence-electron chi connectivity index (χ4n) is 3.45.